The molecular weight excluding hydrogens is 480 g/mol. The Balaban J connectivity index is 1.66. The van der Waals surface area contributed by atoms with Gasteiger partial charge in [-0.05, 0) is 39.2 Å². The average Bonchev–Trinajstić information content (AvgIpc) is 3.08. The maximum atomic E-state index is 13.2. The van der Waals surface area contributed by atoms with Crippen molar-refractivity contribution in [2.75, 3.05) is 13.1 Å². The second-order valence-electron chi connectivity index (χ2n) is 10.4. The van der Waals surface area contributed by atoms with Crippen LogP contribution in [-0.4, -0.2) is 67.6 Å². The summed E-state index contributed by atoms with van der Waals surface area (Å²) >= 11 is 0. The summed E-state index contributed by atoms with van der Waals surface area (Å²) < 4.78 is 6.33. The van der Waals surface area contributed by atoms with Gasteiger partial charge in [-0.3, -0.25) is 19.1 Å². The van der Waals surface area contributed by atoms with E-state index in [0.717, 1.165) is 16.2 Å². The number of H-pyrrole nitrogens is 1. The first-order valence-corrected chi connectivity index (χ1v) is 12.4. The molecule has 202 valence electrons. The molecule has 2 aromatic rings. The summed E-state index contributed by atoms with van der Waals surface area (Å²) in [5.41, 5.74) is -0.993. The number of aromatic nitrogens is 2. The summed E-state index contributed by atoms with van der Waals surface area (Å²) in [6.45, 7) is 6.04. The lowest BCUT2D eigenvalue weighted by Gasteiger charge is -2.28. The monoisotopic (exact) mass is 516 g/mol. The fourth-order valence-corrected chi connectivity index (χ4v) is 4.53. The van der Waals surface area contributed by atoms with E-state index < -0.39 is 47.1 Å². The smallest absolute Gasteiger partial charge is 0.407 e. The van der Waals surface area contributed by atoms with Crippen molar-refractivity contribution in [2.45, 2.75) is 70.4 Å². The average molecular weight is 517 g/mol. The molecule has 0 bridgehead atoms. The quantitative estimate of drug-likeness (QED) is 0.365. The number of rotatable bonds is 9. The lowest BCUT2D eigenvalue weighted by Crippen LogP contribution is -2.41. The molecule has 1 aliphatic carbocycles. The molecule has 1 fully saturated rings. The van der Waals surface area contributed by atoms with Crippen LogP contribution in [0.5, 0.6) is 0 Å². The zero-order chi connectivity index (χ0) is 27.2. The first-order valence-electron chi connectivity index (χ1n) is 12.4. The molecular formula is C26H36N4O7. The minimum atomic E-state index is -1.11. The molecule has 0 spiro atoms. The number of alkyl carbamates (subject to hydrolysis) is 1. The molecule has 3 rings (SSSR count). The molecule has 4 N–H and O–H groups in total. The van der Waals surface area contributed by atoms with Gasteiger partial charge in [0.15, 0.2) is 0 Å². The number of nitrogens with zero attached hydrogens (tertiary/aromatic N) is 2. The van der Waals surface area contributed by atoms with Crippen molar-refractivity contribution >= 4 is 12.0 Å². The molecule has 0 saturated heterocycles. The number of nitrogens with one attached hydrogen (secondary N) is 2. The van der Waals surface area contributed by atoms with E-state index in [4.69, 9.17) is 4.74 Å². The van der Waals surface area contributed by atoms with Gasteiger partial charge in [-0.1, -0.05) is 30.3 Å². The minimum Gasteiger partial charge on any atom is -0.444 e. The lowest BCUT2D eigenvalue weighted by atomic mass is 10.0. The molecule has 11 heteroatoms. The van der Waals surface area contributed by atoms with Crippen molar-refractivity contribution in [2.24, 2.45) is 5.92 Å². The highest BCUT2D eigenvalue weighted by molar-refractivity contribution is 5.76. The van der Waals surface area contributed by atoms with Crippen molar-refractivity contribution in [3.63, 3.8) is 0 Å². The van der Waals surface area contributed by atoms with Crippen LogP contribution in [0, 0.1) is 5.92 Å². The number of ether oxygens (including phenoxy) is 1. The van der Waals surface area contributed by atoms with Crippen LogP contribution in [0.2, 0.25) is 0 Å². The zero-order valence-corrected chi connectivity index (χ0v) is 21.4. The zero-order valence-electron chi connectivity index (χ0n) is 21.4. The molecule has 0 aliphatic heterocycles. The van der Waals surface area contributed by atoms with Gasteiger partial charge < -0.3 is 25.2 Å². The second-order valence-corrected chi connectivity index (χ2v) is 10.4. The largest absolute Gasteiger partial charge is 0.444 e. The Bertz CT molecular complexity index is 1170. The van der Waals surface area contributed by atoms with Gasteiger partial charge in [0.2, 0.25) is 5.91 Å². The Hall–Kier alpha value is -3.44. The van der Waals surface area contributed by atoms with Crippen LogP contribution in [-0.2, 0) is 16.1 Å². The van der Waals surface area contributed by atoms with Crippen molar-refractivity contribution < 1.29 is 24.5 Å². The Morgan fingerprint density at radius 1 is 1.16 bits per heavy atom. The van der Waals surface area contributed by atoms with Gasteiger partial charge in [0, 0.05) is 44.2 Å². The topological polar surface area (TPSA) is 154 Å². The van der Waals surface area contributed by atoms with Crippen LogP contribution >= 0.6 is 0 Å². The lowest BCUT2D eigenvalue weighted by molar-refractivity contribution is -0.133. The second kappa shape index (κ2) is 12.2. The maximum Gasteiger partial charge on any atom is 0.407 e. The van der Waals surface area contributed by atoms with Crippen LogP contribution in [0.25, 0.3) is 0 Å². The third-order valence-corrected chi connectivity index (χ3v) is 6.20. The van der Waals surface area contributed by atoms with Crippen LogP contribution in [0.15, 0.2) is 52.2 Å². The summed E-state index contributed by atoms with van der Waals surface area (Å²) in [6.07, 6.45) is -0.700. The van der Waals surface area contributed by atoms with Gasteiger partial charge in [-0.2, -0.15) is 0 Å². The molecule has 1 aromatic heterocycles. The predicted octanol–water partition coefficient (Wildman–Crippen LogP) is 1.15. The van der Waals surface area contributed by atoms with Crippen LogP contribution in [0.4, 0.5) is 4.79 Å². The Morgan fingerprint density at radius 3 is 2.51 bits per heavy atom. The van der Waals surface area contributed by atoms with Crippen LogP contribution in [0.3, 0.4) is 0 Å². The standard InChI is InChI=1S/C26H36N4O7/c1-26(2,3)37-25(36)27-12-7-10-21(33)29(15-17-8-5-4-6-9-17)16-18-14-19(31)22(23(18)34)30-13-11-20(32)28-24(30)35/h4-6,8-9,11,13,18-19,22-23,31,34H,7,10,12,14-16H2,1-3H3,(H,27,36)(H,28,32,35)/t18-,19-,22+,23+/m0/s1. The number of carbonyl (C=O) groups is 2. The number of aromatic amines is 1. The number of carbonyl (C=O) groups excluding carboxylic acids is 2. The Morgan fingerprint density at radius 2 is 1.86 bits per heavy atom. The highest BCUT2D eigenvalue weighted by atomic mass is 16.6. The van der Waals surface area contributed by atoms with E-state index in [-0.39, 0.29) is 31.8 Å². The van der Waals surface area contributed by atoms with Crippen LogP contribution in [0.1, 0.15) is 51.6 Å². The third-order valence-electron chi connectivity index (χ3n) is 6.20. The van der Waals surface area contributed by atoms with Gasteiger partial charge in [0.05, 0.1) is 18.2 Å². The Kier molecular flexibility index (Phi) is 9.28. The highest BCUT2D eigenvalue weighted by Crippen LogP contribution is 2.35. The van der Waals surface area contributed by atoms with E-state index in [1.54, 1.807) is 25.7 Å². The highest BCUT2D eigenvalue weighted by Gasteiger charge is 2.44. The molecule has 4 atom stereocenters. The molecule has 1 saturated carbocycles. The molecule has 2 amide bonds. The maximum absolute atomic E-state index is 13.2. The molecule has 1 heterocycles. The number of benzene rings is 1. The van der Waals surface area contributed by atoms with Crippen molar-refractivity contribution in [1.29, 1.82) is 0 Å². The van der Waals surface area contributed by atoms with Gasteiger partial charge in [0.1, 0.15) is 5.60 Å². The van der Waals surface area contributed by atoms with E-state index in [9.17, 15) is 29.4 Å². The van der Waals surface area contributed by atoms with E-state index in [1.165, 1.54) is 6.20 Å². The first-order chi connectivity index (χ1) is 17.4. The van der Waals surface area contributed by atoms with Crippen molar-refractivity contribution in [3.8, 4) is 0 Å². The van der Waals surface area contributed by atoms with Gasteiger partial charge in [-0.15, -0.1) is 0 Å². The summed E-state index contributed by atoms with van der Waals surface area (Å²) in [5.74, 6) is -0.660. The summed E-state index contributed by atoms with van der Waals surface area (Å²) in [7, 11) is 0. The predicted molar refractivity (Wildman–Crippen MR) is 136 cm³/mol. The molecule has 37 heavy (non-hydrogen) atoms. The van der Waals surface area contributed by atoms with E-state index in [1.807, 2.05) is 30.3 Å². The number of aliphatic hydroxyl groups excluding tert-OH is 2. The van der Waals surface area contributed by atoms with Crippen LogP contribution < -0.4 is 16.6 Å². The van der Waals surface area contributed by atoms with E-state index >= 15 is 0 Å². The van der Waals surface area contributed by atoms with E-state index in [0.29, 0.717) is 13.0 Å². The number of hydrogen-bond donors (Lipinski definition) is 4. The van der Waals surface area contributed by atoms with Gasteiger partial charge >= 0.3 is 11.8 Å². The fourth-order valence-electron chi connectivity index (χ4n) is 4.53. The fraction of sp³-hybridized carbons (Fsp3) is 0.538. The van der Waals surface area contributed by atoms with E-state index in [2.05, 4.69) is 10.3 Å². The third kappa shape index (κ3) is 8.02. The summed E-state index contributed by atoms with van der Waals surface area (Å²) in [6, 6.07) is 9.62. The summed E-state index contributed by atoms with van der Waals surface area (Å²) in [5, 5.41) is 24.3. The number of hydrogen-bond acceptors (Lipinski definition) is 7. The Labute approximate surface area is 215 Å². The van der Waals surface area contributed by atoms with Crippen molar-refractivity contribution in [3.05, 3.63) is 69.0 Å². The molecule has 1 aromatic carbocycles. The van der Waals surface area contributed by atoms with Gasteiger partial charge in [-0.25, -0.2) is 9.59 Å². The molecule has 1 aliphatic rings. The molecule has 0 radical (unpaired) electrons. The number of aliphatic hydroxyl groups is 2. The van der Waals surface area contributed by atoms with Gasteiger partial charge in [0.25, 0.3) is 5.56 Å². The normalized spacial score (nSPS) is 21.4. The summed E-state index contributed by atoms with van der Waals surface area (Å²) in [4.78, 5) is 52.5. The minimum absolute atomic E-state index is 0.164. The SMILES string of the molecule is CC(C)(C)OC(=O)NCCCC(=O)N(Cc1ccccc1)C[C@@H]1C[C@H](O)[C@@H](n2ccc(=O)[nH]c2=O)[C@@H]1O. The number of amides is 2. The molecule has 11 nitrogen and oxygen atoms in total. The van der Waals surface area contributed by atoms with Crippen molar-refractivity contribution in [1.82, 2.24) is 19.8 Å². The molecule has 0 unspecified atom stereocenters. The first kappa shape index (κ1) is 28.1.